The molecular weight excluding hydrogens is 406 g/mol. The summed E-state index contributed by atoms with van der Waals surface area (Å²) in [5.74, 6) is 0.152. The molecule has 0 saturated heterocycles. The van der Waals surface area contributed by atoms with Crippen LogP contribution in [0.3, 0.4) is 0 Å². The fourth-order valence-corrected chi connectivity index (χ4v) is 7.78. The predicted molar refractivity (Wildman–Crippen MR) is 114 cm³/mol. The van der Waals surface area contributed by atoms with Gasteiger partial charge in [0.25, 0.3) is 10.0 Å². The minimum Gasteiger partial charge on any atom is -0.714 e. The van der Waals surface area contributed by atoms with E-state index in [1.165, 1.54) is 4.19 Å². The second-order valence-corrected chi connectivity index (χ2v) is 11.8. The van der Waals surface area contributed by atoms with Crippen LogP contribution in [0.5, 0.6) is 0 Å². The van der Waals surface area contributed by atoms with Crippen LogP contribution < -0.4 is 0 Å². The van der Waals surface area contributed by atoms with E-state index < -0.39 is 11.1 Å². The molecule has 9 heteroatoms. The summed E-state index contributed by atoms with van der Waals surface area (Å²) in [6.07, 6.45) is 0. The lowest BCUT2D eigenvalue weighted by Gasteiger charge is -2.38. The molecule has 4 heterocycles. The van der Waals surface area contributed by atoms with Gasteiger partial charge in [0.05, 0.1) is 28.4 Å². The Labute approximate surface area is 169 Å². The molecule has 4 rings (SSSR count). The monoisotopic (exact) mass is 425 g/mol. The van der Waals surface area contributed by atoms with Crippen LogP contribution in [0.2, 0.25) is 0 Å². The van der Waals surface area contributed by atoms with Crippen molar-refractivity contribution in [1.82, 2.24) is 10.0 Å². The first-order valence-corrected chi connectivity index (χ1v) is 11.7. The SMILES string of the molecule is CC1(C)N([O-])C(c2ccc(C3=CSC(c4scc[s+]4)S3)[nH]2)=[N+]([O-])C1(C)C. The zero-order valence-corrected chi connectivity index (χ0v) is 18.1. The Morgan fingerprint density at radius 1 is 1.23 bits per heavy atom. The standard InChI is InChI=1S/C17H19N3O2S4/c1-16(2)17(3,4)20(22)13(19(16)21)11-6-5-10(18-11)12-9-25-15(26-12)14-23-7-8-24-14/h5-9,15,18H,1-4H3. The van der Waals surface area contributed by atoms with E-state index >= 15 is 0 Å². The first kappa shape index (κ1) is 18.4. The van der Waals surface area contributed by atoms with E-state index in [4.69, 9.17) is 0 Å². The molecule has 2 aromatic rings. The van der Waals surface area contributed by atoms with Gasteiger partial charge in [0, 0.05) is 4.91 Å². The van der Waals surface area contributed by atoms with Crippen LogP contribution in [-0.2, 0) is 0 Å². The topological polar surface area (TPSA) is 68.2 Å². The molecule has 0 radical (unpaired) electrons. The summed E-state index contributed by atoms with van der Waals surface area (Å²) in [6, 6.07) is 3.77. The van der Waals surface area contributed by atoms with Crippen LogP contribution in [0, 0.1) is 10.4 Å². The molecular formula is C17H19N3O2S4. The average Bonchev–Trinajstić information content (AvgIpc) is 3.34. The smallest absolute Gasteiger partial charge is 0.295 e. The van der Waals surface area contributed by atoms with E-state index in [0.717, 1.165) is 20.4 Å². The number of thioether (sulfide) groups is 2. The van der Waals surface area contributed by atoms with Gasteiger partial charge in [-0.15, -0.1) is 11.8 Å². The van der Waals surface area contributed by atoms with Crippen molar-refractivity contribution in [1.29, 1.82) is 0 Å². The first-order valence-electron chi connectivity index (χ1n) is 8.12. The number of aromatic nitrogens is 1. The van der Waals surface area contributed by atoms with Gasteiger partial charge in [-0.1, -0.05) is 11.8 Å². The highest BCUT2D eigenvalue weighted by Crippen LogP contribution is 2.56. The molecule has 0 amide bonds. The fourth-order valence-electron chi connectivity index (χ4n) is 2.85. The van der Waals surface area contributed by atoms with Crippen molar-refractivity contribution < 1.29 is 4.74 Å². The molecule has 26 heavy (non-hydrogen) atoms. The lowest BCUT2D eigenvalue weighted by atomic mass is 9.84. The van der Waals surface area contributed by atoms with Gasteiger partial charge in [0.1, 0.15) is 32.1 Å². The van der Waals surface area contributed by atoms with Gasteiger partial charge in [0.2, 0.25) is 0 Å². The van der Waals surface area contributed by atoms with Crippen LogP contribution in [0.4, 0.5) is 0 Å². The average molecular weight is 426 g/mol. The molecule has 0 spiro atoms. The second kappa shape index (κ2) is 6.27. The van der Waals surface area contributed by atoms with Crippen LogP contribution in [0.1, 0.15) is 47.9 Å². The highest BCUT2D eigenvalue weighted by Gasteiger charge is 2.55. The molecule has 2 aliphatic heterocycles. The summed E-state index contributed by atoms with van der Waals surface area (Å²) in [5.41, 5.74) is -0.105. The summed E-state index contributed by atoms with van der Waals surface area (Å²) in [6.45, 7) is 7.22. The van der Waals surface area contributed by atoms with Gasteiger partial charge in [-0.3, -0.25) is 9.80 Å². The Bertz CT molecular complexity index is 899. The molecule has 0 fully saturated rings. The minimum absolute atomic E-state index is 0.152. The van der Waals surface area contributed by atoms with Crippen molar-refractivity contribution in [3.63, 3.8) is 0 Å². The van der Waals surface area contributed by atoms with Gasteiger partial charge in [-0.25, -0.2) is 0 Å². The number of hydrogen-bond acceptors (Lipinski definition) is 6. The summed E-state index contributed by atoms with van der Waals surface area (Å²) in [5, 5.41) is 32.8. The van der Waals surface area contributed by atoms with Crippen LogP contribution >= 0.6 is 46.2 Å². The van der Waals surface area contributed by atoms with Crippen molar-refractivity contribution in [3.05, 3.63) is 54.3 Å². The van der Waals surface area contributed by atoms with Crippen molar-refractivity contribution in [2.75, 3.05) is 0 Å². The van der Waals surface area contributed by atoms with E-state index in [1.807, 2.05) is 12.1 Å². The molecule has 1 atom stereocenters. The van der Waals surface area contributed by atoms with Gasteiger partial charge in [0.15, 0.2) is 0 Å². The zero-order valence-electron chi connectivity index (χ0n) is 14.8. The van der Waals surface area contributed by atoms with E-state index in [-0.39, 0.29) is 5.84 Å². The van der Waals surface area contributed by atoms with E-state index in [9.17, 15) is 10.4 Å². The lowest BCUT2D eigenvalue weighted by molar-refractivity contribution is -0.539. The van der Waals surface area contributed by atoms with Crippen molar-refractivity contribution in [2.45, 2.75) is 43.4 Å². The summed E-state index contributed by atoms with van der Waals surface area (Å²) in [4.78, 5) is 4.42. The van der Waals surface area contributed by atoms with E-state index in [0.29, 0.717) is 10.3 Å². The van der Waals surface area contributed by atoms with Crippen LogP contribution in [0.25, 0.3) is 4.91 Å². The summed E-state index contributed by atoms with van der Waals surface area (Å²) in [7, 11) is 0. The van der Waals surface area contributed by atoms with Crippen LogP contribution in [0.15, 0.2) is 28.3 Å². The maximum absolute atomic E-state index is 12.8. The molecule has 0 bridgehead atoms. The number of rotatable bonds is 3. The Hall–Kier alpha value is -1.00. The first-order chi connectivity index (χ1) is 12.2. The summed E-state index contributed by atoms with van der Waals surface area (Å²) < 4.78 is 2.60. The van der Waals surface area contributed by atoms with Gasteiger partial charge in [-0.2, -0.15) is 0 Å². The normalized spacial score (nSPS) is 24.4. The second-order valence-electron chi connectivity index (χ2n) is 7.21. The predicted octanol–water partition coefficient (Wildman–Crippen LogP) is 5.52. The molecule has 2 aliphatic rings. The van der Waals surface area contributed by atoms with E-state index in [1.54, 1.807) is 73.9 Å². The highest BCUT2D eigenvalue weighted by molar-refractivity contribution is 8.25. The minimum atomic E-state index is -0.807. The van der Waals surface area contributed by atoms with Crippen LogP contribution in [-0.4, -0.2) is 31.7 Å². The van der Waals surface area contributed by atoms with Crippen molar-refractivity contribution in [2.24, 2.45) is 0 Å². The fraction of sp³-hybridized carbons (Fsp3) is 0.412. The van der Waals surface area contributed by atoms with Gasteiger partial charge >= 0.3 is 0 Å². The number of hydroxylamine groups is 3. The van der Waals surface area contributed by atoms with Gasteiger partial charge < -0.3 is 15.4 Å². The Morgan fingerprint density at radius 3 is 2.58 bits per heavy atom. The molecule has 2 aromatic heterocycles. The lowest BCUT2D eigenvalue weighted by Crippen LogP contribution is -2.52. The largest absolute Gasteiger partial charge is 0.714 e. The number of nitrogens with zero attached hydrogens (tertiary/aromatic N) is 2. The molecule has 0 aromatic carbocycles. The summed E-state index contributed by atoms with van der Waals surface area (Å²) >= 11 is 7.15. The number of amidine groups is 1. The highest BCUT2D eigenvalue weighted by atomic mass is 32.2. The Morgan fingerprint density at radius 2 is 1.96 bits per heavy atom. The third-order valence-electron chi connectivity index (χ3n) is 5.24. The molecule has 0 saturated carbocycles. The zero-order chi connectivity index (χ0) is 18.7. The molecule has 1 N–H and O–H groups in total. The number of hydrogen-bond donors (Lipinski definition) is 1. The molecule has 138 valence electrons. The van der Waals surface area contributed by atoms with Crippen molar-refractivity contribution in [3.8, 4) is 0 Å². The number of nitrogens with one attached hydrogen (secondary N) is 1. The maximum Gasteiger partial charge on any atom is 0.295 e. The Kier molecular flexibility index (Phi) is 4.43. The Balaban J connectivity index is 1.61. The quantitative estimate of drug-likeness (QED) is 0.398. The molecule has 5 nitrogen and oxygen atoms in total. The van der Waals surface area contributed by atoms with Crippen molar-refractivity contribution >= 4 is 56.9 Å². The van der Waals surface area contributed by atoms with E-state index in [2.05, 4.69) is 21.2 Å². The number of H-pyrrole nitrogens is 1. The molecule has 0 aliphatic carbocycles. The van der Waals surface area contributed by atoms with Gasteiger partial charge in [-0.05, 0) is 45.2 Å². The number of aromatic amines is 1. The maximum atomic E-state index is 12.8. The molecule has 1 unspecified atom stereocenters. The third kappa shape index (κ3) is 2.63. The third-order valence-corrected chi connectivity index (χ3v) is 10.7.